The van der Waals surface area contributed by atoms with Crippen molar-refractivity contribution in [2.24, 2.45) is 10.6 Å². The van der Waals surface area contributed by atoms with Gasteiger partial charge in [-0.3, -0.25) is 5.14 Å². The molecule has 0 aliphatic heterocycles. The molecule has 1 aliphatic carbocycles. The molecule has 1 heterocycles. The standard InChI is InChI=1S/C11H15NS.C9H7NO/c1-11(2)7-10(11)8-3-5-9(13-12)6-4-8;1-2-4-8(5-3-1)9-6-7-11-10-9/h3-6,10H,7,12H2,1-2H3;1-7H. The van der Waals surface area contributed by atoms with E-state index >= 15 is 0 Å². The molecule has 0 radical (unpaired) electrons. The van der Waals surface area contributed by atoms with Crippen LogP contribution in [0.25, 0.3) is 11.3 Å². The second kappa shape index (κ2) is 7.24. The highest BCUT2D eigenvalue weighted by Gasteiger charge is 2.46. The quantitative estimate of drug-likeness (QED) is 0.640. The first-order valence-corrected chi connectivity index (χ1v) is 8.90. The Balaban J connectivity index is 0.000000143. The summed E-state index contributed by atoms with van der Waals surface area (Å²) in [6.45, 7) is 4.65. The van der Waals surface area contributed by atoms with Crippen LogP contribution in [0.1, 0.15) is 31.7 Å². The van der Waals surface area contributed by atoms with E-state index in [1.165, 1.54) is 23.9 Å². The van der Waals surface area contributed by atoms with E-state index in [4.69, 9.17) is 9.66 Å². The fourth-order valence-electron chi connectivity index (χ4n) is 2.79. The Morgan fingerprint density at radius 2 is 1.71 bits per heavy atom. The molecule has 0 amide bonds. The van der Waals surface area contributed by atoms with Gasteiger partial charge in [0.05, 0.1) is 0 Å². The number of nitrogens with zero attached hydrogens (tertiary/aromatic N) is 1. The van der Waals surface area contributed by atoms with Gasteiger partial charge in [0.2, 0.25) is 0 Å². The Morgan fingerprint density at radius 1 is 1.04 bits per heavy atom. The van der Waals surface area contributed by atoms with E-state index in [-0.39, 0.29) is 0 Å². The van der Waals surface area contributed by atoms with Gasteiger partial charge >= 0.3 is 0 Å². The van der Waals surface area contributed by atoms with Crippen LogP contribution in [-0.2, 0) is 0 Å². The van der Waals surface area contributed by atoms with Crippen molar-refractivity contribution in [2.45, 2.75) is 31.1 Å². The smallest absolute Gasteiger partial charge is 0.124 e. The molecular formula is C20H22N2OS. The van der Waals surface area contributed by atoms with Gasteiger partial charge in [0.1, 0.15) is 12.0 Å². The largest absolute Gasteiger partial charge is 0.364 e. The highest BCUT2D eigenvalue weighted by atomic mass is 32.2. The molecule has 1 aliphatic rings. The van der Waals surface area contributed by atoms with E-state index in [1.807, 2.05) is 36.4 Å². The Labute approximate surface area is 147 Å². The van der Waals surface area contributed by atoms with Crippen molar-refractivity contribution in [1.82, 2.24) is 5.16 Å². The van der Waals surface area contributed by atoms with Crippen molar-refractivity contribution < 1.29 is 4.52 Å². The average Bonchev–Trinajstić information content (AvgIpc) is 3.03. The average molecular weight is 338 g/mol. The van der Waals surface area contributed by atoms with Gasteiger partial charge in [-0.2, -0.15) is 0 Å². The maximum atomic E-state index is 5.46. The van der Waals surface area contributed by atoms with Gasteiger partial charge in [-0.15, -0.1) is 0 Å². The van der Waals surface area contributed by atoms with Crippen molar-refractivity contribution >= 4 is 11.9 Å². The molecule has 1 fully saturated rings. The number of hydrogen-bond donors (Lipinski definition) is 1. The van der Waals surface area contributed by atoms with E-state index in [0.29, 0.717) is 5.41 Å². The van der Waals surface area contributed by atoms with Crippen LogP contribution < -0.4 is 5.14 Å². The molecule has 1 unspecified atom stereocenters. The molecule has 4 rings (SSSR count). The van der Waals surface area contributed by atoms with Gasteiger partial charge in [-0.25, -0.2) is 0 Å². The summed E-state index contributed by atoms with van der Waals surface area (Å²) in [4.78, 5) is 1.14. The van der Waals surface area contributed by atoms with Gasteiger partial charge in [0.15, 0.2) is 0 Å². The maximum absolute atomic E-state index is 5.46. The van der Waals surface area contributed by atoms with Crippen molar-refractivity contribution in [3.63, 3.8) is 0 Å². The molecule has 1 saturated carbocycles. The van der Waals surface area contributed by atoms with Crippen LogP contribution in [0.2, 0.25) is 0 Å². The molecule has 3 aromatic rings. The zero-order valence-electron chi connectivity index (χ0n) is 14.0. The zero-order valence-corrected chi connectivity index (χ0v) is 14.8. The summed E-state index contributed by atoms with van der Waals surface area (Å²) in [6.07, 6.45) is 2.89. The molecule has 124 valence electrons. The van der Waals surface area contributed by atoms with Crippen molar-refractivity contribution in [3.05, 3.63) is 72.5 Å². The molecule has 4 heteroatoms. The van der Waals surface area contributed by atoms with Crippen LogP contribution in [0, 0.1) is 5.41 Å². The van der Waals surface area contributed by atoms with Crippen LogP contribution in [0.4, 0.5) is 0 Å². The lowest BCUT2D eigenvalue weighted by molar-refractivity contribution is 0.422. The summed E-state index contributed by atoms with van der Waals surface area (Å²) in [7, 11) is 0. The minimum atomic E-state index is 0.525. The Hall–Kier alpha value is -2.04. The van der Waals surface area contributed by atoms with Gasteiger partial charge in [0.25, 0.3) is 0 Å². The lowest BCUT2D eigenvalue weighted by Gasteiger charge is -2.03. The summed E-state index contributed by atoms with van der Waals surface area (Å²) in [5, 5.41) is 9.27. The predicted molar refractivity (Wildman–Crippen MR) is 99.6 cm³/mol. The SMILES string of the molecule is CC1(C)CC1c1ccc(SN)cc1.c1ccc(-c2ccon2)cc1. The van der Waals surface area contributed by atoms with E-state index < -0.39 is 0 Å². The number of nitrogens with two attached hydrogens (primary N) is 1. The molecule has 2 N–H and O–H groups in total. The van der Waals surface area contributed by atoms with E-state index in [2.05, 4.69) is 43.3 Å². The van der Waals surface area contributed by atoms with E-state index in [9.17, 15) is 0 Å². The summed E-state index contributed by atoms with van der Waals surface area (Å²) >= 11 is 1.31. The normalized spacial score (nSPS) is 17.7. The molecular weight excluding hydrogens is 316 g/mol. The number of benzene rings is 2. The molecule has 0 bridgehead atoms. The molecule has 2 aromatic carbocycles. The lowest BCUT2D eigenvalue weighted by Crippen LogP contribution is -1.89. The van der Waals surface area contributed by atoms with E-state index in [0.717, 1.165) is 22.1 Å². The van der Waals surface area contributed by atoms with Crippen LogP contribution in [0.5, 0.6) is 0 Å². The van der Waals surface area contributed by atoms with Crippen LogP contribution in [-0.4, -0.2) is 5.16 Å². The Kier molecular flexibility index (Phi) is 5.07. The van der Waals surface area contributed by atoms with Crippen LogP contribution >= 0.6 is 11.9 Å². The molecule has 1 atom stereocenters. The molecule has 24 heavy (non-hydrogen) atoms. The highest BCUT2D eigenvalue weighted by molar-refractivity contribution is 7.97. The van der Waals surface area contributed by atoms with Gasteiger partial charge in [-0.1, -0.05) is 61.5 Å². The number of aromatic nitrogens is 1. The molecule has 0 saturated heterocycles. The lowest BCUT2D eigenvalue weighted by atomic mass is 10.0. The summed E-state index contributed by atoms with van der Waals surface area (Å²) in [5.41, 5.74) is 3.95. The summed E-state index contributed by atoms with van der Waals surface area (Å²) in [5.74, 6) is 0.768. The van der Waals surface area contributed by atoms with Crippen LogP contribution in [0.15, 0.2) is 76.3 Å². The first kappa shape index (κ1) is 16.8. The molecule has 3 nitrogen and oxygen atoms in total. The monoisotopic (exact) mass is 338 g/mol. The van der Waals surface area contributed by atoms with E-state index in [1.54, 1.807) is 6.26 Å². The third-order valence-corrected chi connectivity index (χ3v) is 4.98. The Morgan fingerprint density at radius 3 is 2.21 bits per heavy atom. The summed E-state index contributed by atoms with van der Waals surface area (Å²) in [6, 6.07) is 20.4. The first-order chi connectivity index (χ1) is 11.6. The minimum Gasteiger partial charge on any atom is -0.364 e. The second-order valence-corrected chi connectivity index (χ2v) is 7.39. The second-order valence-electron chi connectivity index (χ2n) is 6.68. The Bertz CT molecular complexity index is 752. The zero-order chi connectivity index (χ0) is 17.0. The van der Waals surface area contributed by atoms with Gasteiger partial charge in [0, 0.05) is 16.5 Å². The van der Waals surface area contributed by atoms with Crippen molar-refractivity contribution in [3.8, 4) is 11.3 Å². The first-order valence-electron chi connectivity index (χ1n) is 8.02. The highest BCUT2D eigenvalue weighted by Crippen LogP contribution is 2.58. The number of hydrogen-bond acceptors (Lipinski definition) is 4. The minimum absolute atomic E-state index is 0.525. The molecule has 0 spiro atoms. The molecule has 1 aromatic heterocycles. The number of rotatable bonds is 3. The van der Waals surface area contributed by atoms with Gasteiger partial charge in [-0.05, 0) is 47.4 Å². The van der Waals surface area contributed by atoms with Gasteiger partial charge < -0.3 is 4.52 Å². The third kappa shape index (κ3) is 4.08. The fraction of sp³-hybridized carbons (Fsp3) is 0.250. The maximum Gasteiger partial charge on any atom is 0.124 e. The summed E-state index contributed by atoms with van der Waals surface area (Å²) < 4.78 is 4.72. The van der Waals surface area contributed by atoms with Crippen molar-refractivity contribution in [2.75, 3.05) is 0 Å². The predicted octanol–water partition coefficient (Wildman–Crippen LogP) is 5.51. The van der Waals surface area contributed by atoms with Crippen molar-refractivity contribution in [1.29, 1.82) is 0 Å². The fourth-order valence-corrected chi connectivity index (χ4v) is 3.08. The third-order valence-electron chi connectivity index (χ3n) is 4.44. The van der Waals surface area contributed by atoms with Crippen LogP contribution in [0.3, 0.4) is 0 Å². The topological polar surface area (TPSA) is 52.0 Å².